The van der Waals surface area contributed by atoms with Crippen LogP contribution in [0, 0.1) is 0 Å². The van der Waals surface area contributed by atoms with E-state index in [2.05, 4.69) is 31.2 Å². The lowest BCUT2D eigenvalue weighted by atomic mass is 10.1. The van der Waals surface area contributed by atoms with Crippen LogP contribution in [0.25, 0.3) is 0 Å². The maximum atomic E-state index is 11.9. The van der Waals surface area contributed by atoms with Crippen molar-refractivity contribution in [3.05, 3.63) is 24.3 Å². The smallest absolute Gasteiger partial charge is 0.222 e. The van der Waals surface area contributed by atoms with E-state index in [1.165, 1.54) is 51.4 Å². The highest BCUT2D eigenvalue weighted by atomic mass is 16.2. The van der Waals surface area contributed by atoms with Crippen LogP contribution >= 0.6 is 0 Å². The predicted molar refractivity (Wildman–Crippen MR) is 95.9 cm³/mol. The number of allylic oxidation sites excluding steroid dienone is 4. The summed E-state index contributed by atoms with van der Waals surface area (Å²) in [5, 5.41) is 0. The number of amides is 1. The number of hydrogen-bond acceptors (Lipinski definition) is 1. The second-order valence-electron chi connectivity index (χ2n) is 6.36. The van der Waals surface area contributed by atoms with E-state index in [1.54, 1.807) is 0 Å². The van der Waals surface area contributed by atoms with Gasteiger partial charge in [-0.1, -0.05) is 50.5 Å². The Bertz CT molecular complexity index is 327. The molecule has 0 aromatic carbocycles. The van der Waals surface area contributed by atoms with Gasteiger partial charge in [0.1, 0.15) is 0 Å². The molecule has 1 aliphatic heterocycles. The van der Waals surface area contributed by atoms with Crippen molar-refractivity contribution in [2.75, 3.05) is 13.1 Å². The van der Waals surface area contributed by atoms with E-state index in [4.69, 9.17) is 0 Å². The zero-order valence-corrected chi connectivity index (χ0v) is 14.6. The zero-order valence-electron chi connectivity index (χ0n) is 14.6. The molecule has 0 aliphatic carbocycles. The first-order valence-corrected chi connectivity index (χ1v) is 9.42. The number of nitrogens with zero attached hydrogens (tertiary/aromatic N) is 1. The van der Waals surface area contributed by atoms with Gasteiger partial charge in [-0.15, -0.1) is 0 Å². The summed E-state index contributed by atoms with van der Waals surface area (Å²) < 4.78 is 0. The Morgan fingerprint density at radius 1 is 0.864 bits per heavy atom. The predicted octanol–water partition coefficient (Wildman–Crippen LogP) is 5.64. The standard InChI is InChI=1S/C20H35NO/c1-2-3-4-5-6-7-8-9-10-11-12-13-14-17-20(22)21-18-15-16-19-21/h6-7,9-10H,2-5,8,11-19H2,1H3/b7-6+,10-9+. The lowest BCUT2D eigenvalue weighted by molar-refractivity contribution is -0.130. The van der Waals surface area contributed by atoms with Gasteiger partial charge in [-0.25, -0.2) is 0 Å². The maximum absolute atomic E-state index is 11.9. The zero-order chi connectivity index (χ0) is 15.9. The van der Waals surface area contributed by atoms with Gasteiger partial charge in [0.2, 0.25) is 5.91 Å². The molecule has 1 amide bonds. The van der Waals surface area contributed by atoms with Crippen LogP contribution in [0.15, 0.2) is 24.3 Å². The number of likely N-dealkylation sites (tertiary alicyclic amines) is 1. The van der Waals surface area contributed by atoms with Gasteiger partial charge in [0.05, 0.1) is 0 Å². The molecule has 2 nitrogen and oxygen atoms in total. The summed E-state index contributed by atoms with van der Waals surface area (Å²) in [5.74, 6) is 0.376. The van der Waals surface area contributed by atoms with E-state index in [9.17, 15) is 4.79 Å². The number of rotatable bonds is 12. The van der Waals surface area contributed by atoms with Crippen LogP contribution in [0.5, 0.6) is 0 Å². The monoisotopic (exact) mass is 305 g/mol. The highest BCUT2D eigenvalue weighted by molar-refractivity contribution is 5.76. The Kier molecular flexibility index (Phi) is 11.7. The molecule has 22 heavy (non-hydrogen) atoms. The minimum absolute atomic E-state index is 0.376. The quantitative estimate of drug-likeness (QED) is 0.337. The molecule has 1 saturated heterocycles. The molecular weight excluding hydrogens is 270 g/mol. The van der Waals surface area contributed by atoms with Gasteiger partial charge >= 0.3 is 0 Å². The summed E-state index contributed by atoms with van der Waals surface area (Å²) >= 11 is 0. The Morgan fingerprint density at radius 2 is 1.50 bits per heavy atom. The highest BCUT2D eigenvalue weighted by Crippen LogP contribution is 2.12. The van der Waals surface area contributed by atoms with Crippen molar-refractivity contribution < 1.29 is 4.79 Å². The van der Waals surface area contributed by atoms with Crippen LogP contribution in [-0.2, 0) is 4.79 Å². The van der Waals surface area contributed by atoms with E-state index in [-0.39, 0.29) is 0 Å². The molecule has 0 saturated carbocycles. The number of carbonyl (C=O) groups is 1. The lowest BCUT2D eigenvalue weighted by Gasteiger charge is -2.14. The normalized spacial score (nSPS) is 15.4. The summed E-state index contributed by atoms with van der Waals surface area (Å²) in [7, 11) is 0. The van der Waals surface area contributed by atoms with Crippen LogP contribution in [0.1, 0.15) is 84.0 Å². The second kappa shape index (κ2) is 13.6. The molecule has 1 aliphatic rings. The molecule has 0 atom stereocenters. The molecule has 0 bridgehead atoms. The average Bonchev–Trinajstić information content (AvgIpc) is 3.06. The molecule has 1 heterocycles. The van der Waals surface area contributed by atoms with E-state index in [1.807, 2.05) is 4.90 Å². The Morgan fingerprint density at radius 3 is 2.14 bits per heavy atom. The molecular formula is C20H35NO. The third kappa shape index (κ3) is 9.81. The fourth-order valence-corrected chi connectivity index (χ4v) is 2.86. The van der Waals surface area contributed by atoms with E-state index >= 15 is 0 Å². The Balaban J connectivity index is 1.86. The molecule has 2 heteroatoms. The van der Waals surface area contributed by atoms with Gasteiger partial charge in [-0.3, -0.25) is 4.79 Å². The Hall–Kier alpha value is -1.05. The molecule has 126 valence electrons. The van der Waals surface area contributed by atoms with Crippen molar-refractivity contribution in [2.45, 2.75) is 84.0 Å². The summed E-state index contributed by atoms with van der Waals surface area (Å²) in [4.78, 5) is 13.9. The minimum atomic E-state index is 0.376. The number of unbranched alkanes of at least 4 members (excludes halogenated alkanes) is 6. The second-order valence-corrected chi connectivity index (χ2v) is 6.36. The largest absolute Gasteiger partial charge is 0.343 e. The van der Waals surface area contributed by atoms with Gasteiger partial charge in [0.25, 0.3) is 0 Å². The summed E-state index contributed by atoms with van der Waals surface area (Å²) in [6.45, 7) is 4.23. The van der Waals surface area contributed by atoms with Gasteiger partial charge in [0.15, 0.2) is 0 Å². The SMILES string of the molecule is CCCCC/C=C/C/C=C/CCCCCC(=O)N1CCCC1. The molecule has 0 aromatic heterocycles. The van der Waals surface area contributed by atoms with Crippen LogP contribution in [0.4, 0.5) is 0 Å². The average molecular weight is 306 g/mol. The van der Waals surface area contributed by atoms with Gasteiger partial charge in [-0.05, 0) is 51.4 Å². The topological polar surface area (TPSA) is 20.3 Å². The van der Waals surface area contributed by atoms with Crippen molar-refractivity contribution in [3.8, 4) is 0 Å². The third-order valence-corrected chi connectivity index (χ3v) is 4.30. The van der Waals surface area contributed by atoms with Crippen molar-refractivity contribution in [2.24, 2.45) is 0 Å². The number of carbonyl (C=O) groups excluding carboxylic acids is 1. The van der Waals surface area contributed by atoms with E-state index in [0.717, 1.165) is 38.8 Å². The molecule has 1 fully saturated rings. The van der Waals surface area contributed by atoms with E-state index < -0.39 is 0 Å². The molecule has 0 N–H and O–H groups in total. The maximum Gasteiger partial charge on any atom is 0.222 e. The molecule has 0 spiro atoms. The first-order chi connectivity index (χ1) is 10.8. The third-order valence-electron chi connectivity index (χ3n) is 4.30. The summed E-state index contributed by atoms with van der Waals surface area (Å²) in [6, 6.07) is 0. The fourth-order valence-electron chi connectivity index (χ4n) is 2.86. The summed E-state index contributed by atoms with van der Waals surface area (Å²) in [6.07, 6.45) is 23.2. The first kappa shape index (κ1) is 19.0. The highest BCUT2D eigenvalue weighted by Gasteiger charge is 2.16. The Labute approximate surface area is 137 Å². The van der Waals surface area contributed by atoms with Crippen molar-refractivity contribution in [3.63, 3.8) is 0 Å². The van der Waals surface area contributed by atoms with Crippen LogP contribution in [-0.4, -0.2) is 23.9 Å². The van der Waals surface area contributed by atoms with Crippen LogP contribution in [0.2, 0.25) is 0 Å². The lowest BCUT2D eigenvalue weighted by Crippen LogP contribution is -2.27. The molecule has 1 rings (SSSR count). The van der Waals surface area contributed by atoms with Crippen LogP contribution in [0.3, 0.4) is 0 Å². The van der Waals surface area contributed by atoms with E-state index in [0.29, 0.717) is 5.91 Å². The van der Waals surface area contributed by atoms with Gasteiger partial charge in [0, 0.05) is 19.5 Å². The van der Waals surface area contributed by atoms with Crippen LogP contribution < -0.4 is 0 Å². The molecule has 0 aromatic rings. The molecule has 0 radical (unpaired) electrons. The first-order valence-electron chi connectivity index (χ1n) is 9.42. The van der Waals surface area contributed by atoms with Gasteiger partial charge < -0.3 is 4.90 Å². The fraction of sp³-hybridized carbons (Fsp3) is 0.750. The van der Waals surface area contributed by atoms with Gasteiger partial charge in [-0.2, -0.15) is 0 Å². The van der Waals surface area contributed by atoms with Crippen molar-refractivity contribution in [1.29, 1.82) is 0 Å². The van der Waals surface area contributed by atoms with Crippen molar-refractivity contribution in [1.82, 2.24) is 4.90 Å². The number of hydrogen-bond donors (Lipinski definition) is 0. The minimum Gasteiger partial charge on any atom is -0.343 e. The summed E-state index contributed by atoms with van der Waals surface area (Å²) in [5.41, 5.74) is 0. The van der Waals surface area contributed by atoms with Crippen molar-refractivity contribution >= 4 is 5.91 Å². The molecule has 0 unspecified atom stereocenters.